The van der Waals surface area contributed by atoms with Crippen LogP contribution in [0, 0.1) is 5.92 Å². The van der Waals surface area contributed by atoms with Crippen molar-refractivity contribution in [1.29, 1.82) is 0 Å². The van der Waals surface area contributed by atoms with Crippen LogP contribution in [0.25, 0.3) is 0 Å². The van der Waals surface area contributed by atoms with Crippen LogP contribution >= 0.6 is 11.6 Å². The molecule has 0 N–H and O–H groups in total. The van der Waals surface area contributed by atoms with E-state index in [0.29, 0.717) is 11.8 Å². The van der Waals surface area contributed by atoms with Gasteiger partial charge in [-0.2, -0.15) is 0 Å². The predicted octanol–water partition coefficient (Wildman–Crippen LogP) is 2.17. The van der Waals surface area contributed by atoms with E-state index < -0.39 is 0 Å². The monoisotopic (exact) mass is 238 g/mol. The molecule has 0 aromatic carbocycles. The molecule has 2 rings (SSSR count). The van der Waals surface area contributed by atoms with E-state index in [1.165, 1.54) is 0 Å². The zero-order valence-corrected chi connectivity index (χ0v) is 9.86. The minimum atomic E-state index is 0.107. The van der Waals surface area contributed by atoms with Crippen molar-refractivity contribution in [3.8, 4) is 0 Å². The van der Waals surface area contributed by atoms with Crippen molar-refractivity contribution in [3.05, 3.63) is 30.1 Å². The van der Waals surface area contributed by atoms with Gasteiger partial charge in [0.05, 0.1) is 0 Å². The van der Waals surface area contributed by atoms with Crippen molar-refractivity contribution in [2.45, 2.75) is 12.8 Å². The van der Waals surface area contributed by atoms with Gasteiger partial charge in [0.1, 0.15) is 0 Å². The second kappa shape index (κ2) is 5.30. The van der Waals surface area contributed by atoms with Crippen LogP contribution in [0.4, 0.5) is 0 Å². The molecule has 1 aromatic heterocycles. The minimum Gasteiger partial charge on any atom is -0.339 e. The molecule has 1 saturated heterocycles. The van der Waals surface area contributed by atoms with Gasteiger partial charge in [0.15, 0.2) is 0 Å². The first-order valence-electron chi connectivity index (χ1n) is 5.56. The summed E-state index contributed by atoms with van der Waals surface area (Å²) >= 11 is 5.81. The Morgan fingerprint density at radius 1 is 1.38 bits per heavy atom. The Balaban J connectivity index is 1.97. The van der Waals surface area contributed by atoms with Gasteiger partial charge < -0.3 is 4.90 Å². The van der Waals surface area contributed by atoms with E-state index in [9.17, 15) is 4.79 Å². The van der Waals surface area contributed by atoms with Crippen molar-refractivity contribution in [2.75, 3.05) is 19.0 Å². The lowest BCUT2D eigenvalue weighted by Gasteiger charge is -2.31. The van der Waals surface area contributed by atoms with Crippen LogP contribution in [0.1, 0.15) is 23.2 Å². The zero-order valence-electron chi connectivity index (χ0n) is 9.10. The number of aromatic nitrogens is 1. The Hall–Kier alpha value is -1.09. The fourth-order valence-electron chi connectivity index (χ4n) is 1.97. The maximum absolute atomic E-state index is 12.1. The number of pyridine rings is 1. The number of hydrogen-bond donors (Lipinski definition) is 0. The number of likely N-dealkylation sites (tertiary alicyclic amines) is 1. The number of carbonyl (C=O) groups excluding carboxylic acids is 1. The molecule has 1 aromatic rings. The topological polar surface area (TPSA) is 33.2 Å². The van der Waals surface area contributed by atoms with E-state index in [1.807, 2.05) is 4.90 Å². The Bertz CT molecular complexity index is 347. The van der Waals surface area contributed by atoms with Crippen LogP contribution in [0.3, 0.4) is 0 Å². The van der Waals surface area contributed by atoms with E-state index in [2.05, 4.69) is 4.98 Å². The van der Waals surface area contributed by atoms with Crippen LogP contribution in [0.2, 0.25) is 0 Å². The van der Waals surface area contributed by atoms with Crippen molar-refractivity contribution in [1.82, 2.24) is 9.88 Å². The summed E-state index contributed by atoms with van der Waals surface area (Å²) in [5, 5.41) is 0. The number of hydrogen-bond acceptors (Lipinski definition) is 2. The Labute approximate surface area is 100 Å². The fourth-order valence-corrected chi connectivity index (χ4v) is 2.28. The van der Waals surface area contributed by atoms with Crippen molar-refractivity contribution >= 4 is 17.5 Å². The van der Waals surface area contributed by atoms with Crippen LogP contribution in [-0.2, 0) is 0 Å². The summed E-state index contributed by atoms with van der Waals surface area (Å²) in [5.41, 5.74) is 0.722. The van der Waals surface area contributed by atoms with E-state index in [1.54, 1.807) is 24.5 Å². The van der Waals surface area contributed by atoms with Gasteiger partial charge in [-0.15, -0.1) is 11.6 Å². The molecule has 2 heterocycles. The number of carbonyl (C=O) groups is 1. The molecule has 16 heavy (non-hydrogen) atoms. The first-order chi connectivity index (χ1) is 7.81. The third kappa shape index (κ3) is 2.53. The Morgan fingerprint density at radius 3 is 2.56 bits per heavy atom. The molecule has 0 bridgehead atoms. The van der Waals surface area contributed by atoms with Crippen LogP contribution < -0.4 is 0 Å². The normalized spacial score (nSPS) is 17.4. The number of nitrogens with zero attached hydrogens (tertiary/aromatic N) is 2. The first-order valence-corrected chi connectivity index (χ1v) is 6.10. The van der Waals surface area contributed by atoms with Crippen molar-refractivity contribution in [2.24, 2.45) is 5.92 Å². The van der Waals surface area contributed by atoms with Crippen molar-refractivity contribution in [3.63, 3.8) is 0 Å². The molecule has 0 atom stereocenters. The molecular formula is C12H15ClN2O. The molecule has 1 aliphatic rings. The van der Waals surface area contributed by atoms with Crippen molar-refractivity contribution < 1.29 is 4.79 Å². The molecule has 1 fully saturated rings. The lowest BCUT2D eigenvalue weighted by molar-refractivity contribution is 0.0698. The van der Waals surface area contributed by atoms with E-state index in [4.69, 9.17) is 11.6 Å². The van der Waals surface area contributed by atoms with Gasteiger partial charge in [0.25, 0.3) is 5.91 Å². The Morgan fingerprint density at radius 2 is 2.00 bits per heavy atom. The summed E-state index contributed by atoms with van der Waals surface area (Å²) in [6.45, 7) is 1.64. The summed E-state index contributed by atoms with van der Waals surface area (Å²) in [6, 6.07) is 3.52. The smallest absolute Gasteiger partial charge is 0.253 e. The summed E-state index contributed by atoms with van der Waals surface area (Å²) < 4.78 is 0. The molecule has 0 aliphatic carbocycles. The number of halogens is 1. The average Bonchev–Trinajstić information content (AvgIpc) is 2.39. The maximum Gasteiger partial charge on any atom is 0.253 e. The summed E-state index contributed by atoms with van der Waals surface area (Å²) in [6.07, 6.45) is 5.33. The molecule has 1 aliphatic heterocycles. The average molecular weight is 239 g/mol. The fraction of sp³-hybridized carbons (Fsp3) is 0.500. The first kappa shape index (κ1) is 11.4. The molecular weight excluding hydrogens is 224 g/mol. The number of piperidine rings is 1. The van der Waals surface area contributed by atoms with Gasteiger partial charge in [0, 0.05) is 36.9 Å². The highest BCUT2D eigenvalue weighted by Gasteiger charge is 2.22. The molecule has 0 radical (unpaired) electrons. The third-order valence-electron chi connectivity index (χ3n) is 3.05. The van der Waals surface area contributed by atoms with Gasteiger partial charge >= 0.3 is 0 Å². The van der Waals surface area contributed by atoms with Gasteiger partial charge in [0.2, 0.25) is 0 Å². The van der Waals surface area contributed by atoms with Gasteiger partial charge in [-0.25, -0.2) is 0 Å². The second-order valence-corrected chi connectivity index (χ2v) is 4.43. The van der Waals surface area contributed by atoms with Gasteiger partial charge in [-0.05, 0) is 30.9 Å². The van der Waals surface area contributed by atoms with Crippen LogP contribution in [0.5, 0.6) is 0 Å². The number of amides is 1. The van der Waals surface area contributed by atoms with Crippen LogP contribution in [0.15, 0.2) is 24.5 Å². The lowest BCUT2D eigenvalue weighted by atomic mass is 9.98. The highest BCUT2D eigenvalue weighted by Crippen LogP contribution is 2.19. The third-order valence-corrected chi connectivity index (χ3v) is 3.48. The minimum absolute atomic E-state index is 0.107. The SMILES string of the molecule is O=C(c1ccncc1)N1CCC(CCl)CC1. The van der Waals surface area contributed by atoms with E-state index in [-0.39, 0.29) is 5.91 Å². The standard InChI is InChI=1S/C12H15ClN2O/c13-9-10-3-7-15(8-4-10)12(16)11-1-5-14-6-2-11/h1-2,5-6,10H,3-4,7-9H2. The van der Waals surface area contributed by atoms with E-state index in [0.717, 1.165) is 31.5 Å². The molecule has 3 nitrogen and oxygen atoms in total. The maximum atomic E-state index is 12.1. The van der Waals surface area contributed by atoms with Gasteiger partial charge in [-0.3, -0.25) is 9.78 Å². The summed E-state index contributed by atoms with van der Waals surface area (Å²) in [4.78, 5) is 17.9. The summed E-state index contributed by atoms with van der Waals surface area (Å²) in [5.74, 6) is 1.38. The highest BCUT2D eigenvalue weighted by atomic mass is 35.5. The molecule has 4 heteroatoms. The quantitative estimate of drug-likeness (QED) is 0.740. The molecule has 86 valence electrons. The second-order valence-electron chi connectivity index (χ2n) is 4.13. The van der Waals surface area contributed by atoms with E-state index >= 15 is 0 Å². The zero-order chi connectivity index (χ0) is 11.4. The molecule has 1 amide bonds. The number of alkyl halides is 1. The van der Waals surface area contributed by atoms with Gasteiger partial charge in [-0.1, -0.05) is 0 Å². The lowest BCUT2D eigenvalue weighted by Crippen LogP contribution is -2.38. The molecule has 0 saturated carbocycles. The Kier molecular flexibility index (Phi) is 3.78. The summed E-state index contributed by atoms with van der Waals surface area (Å²) in [7, 11) is 0. The van der Waals surface area contributed by atoms with Crippen LogP contribution in [-0.4, -0.2) is 34.8 Å². The molecule has 0 unspecified atom stereocenters. The number of rotatable bonds is 2. The highest BCUT2D eigenvalue weighted by molar-refractivity contribution is 6.18. The predicted molar refractivity (Wildman–Crippen MR) is 63.6 cm³/mol. The largest absolute Gasteiger partial charge is 0.339 e. The molecule has 0 spiro atoms.